The molecule has 1 fully saturated rings. The summed E-state index contributed by atoms with van der Waals surface area (Å²) >= 11 is 0. The molecule has 1 heterocycles. The smallest absolute Gasteiger partial charge is 0.0566 e. The van der Waals surface area contributed by atoms with Crippen LogP contribution in [0.25, 0.3) is 0 Å². The number of anilines is 1. The molecule has 1 aliphatic heterocycles. The molecule has 0 radical (unpaired) electrons. The van der Waals surface area contributed by atoms with Gasteiger partial charge >= 0.3 is 0 Å². The van der Waals surface area contributed by atoms with Crippen LogP contribution in [0.15, 0.2) is 18.2 Å². The fourth-order valence-electron chi connectivity index (χ4n) is 3.16. The van der Waals surface area contributed by atoms with Crippen molar-refractivity contribution in [1.82, 2.24) is 0 Å². The van der Waals surface area contributed by atoms with E-state index in [9.17, 15) is 5.11 Å². The highest BCUT2D eigenvalue weighted by Crippen LogP contribution is 2.28. The van der Waals surface area contributed by atoms with Crippen molar-refractivity contribution in [3.8, 4) is 0 Å². The van der Waals surface area contributed by atoms with Crippen LogP contribution in [0.4, 0.5) is 5.69 Å². The van der Waals surface area contributed by atoms with Crippen molar-refractivity contribution in [2.45, 2.75) is 52.7 Å². The van der Waals surface area contributed by atoms with Crippen LogP contribution < -0.4 is 10.6 Å². The van der Waals surface area contributed by atoms with Gasteiger partial charge in [0.1, 0.15) is 0 Å². The quantitative estimate of drug-likeness (QED) is 0.896. The van der Waals surface area contributed by atoms with Gasteiger partial charge < -0.3 is 15.7 Å². The molecule has 0 amide bonds. The second-order valence-corrected chi connectivity index (χ2v) is 7.08. The Hall–Kier alpha value is -1.06. The summed E-state index contributed by atoms with van der Waals surface area (Å²) in [6.07, 6.45) is 1.65. The number of aliphatic hydroxyl groups excluding tert-OH is 1. The Morgan fingerprint density at radius 3 is 2.57 bits per heavy atom. The summed E-state index contributed by atoms with van der Waals surface area (Å²) in [4.78, 5) is 2.39. The third-order valence-corrected chi connectivity index (χ3v) is 4.77. The van der Waals surface area contributed by atoms with E-state index in [0.717, 1.165) is 25.9 Å². The molecule has 1 saturated heterocycles. The summed E-state index contributed by atoms with van der Waals surface area (Å²) in [5.41, 5.74) is 10.2. The van der Waals surface area contributed by atoms with Crippen molar-refractivity contribution in [2.24, 2.45) is 17.6 Å². The molecule has 1 aromatic rings. The topological polar surface area (TPSA) is 49.5 Å². The average molecular weight is 290 g/mol. The maximum absolute atomic E-state index is 10.1. The lowest BCUT2D eigenvalue weighted by Crippen LogP contribution is -2.48. The highest BCUT2D eigenvalue weighted by molar-refractivity contribution is 5.51. The Morgan fingerprint density at radius 1 is 1.24 bits per heavy atom. The van der Waals surface area contributed by atoms with Crippen LogP contribution in [0, 0.1) is 25.7 Å². The summed E-state index contributed by atoms with van der Waals surface area (Å²) < 4.78 is 0. The number of hydrogen-bond acceptors (Lipinski definition) is 3. The predicted molar refractivity (Wildman–Crippen MR) is 89.7 cm³/mol. The molecule has 3 heteroatoms. The zero-order chi connectivity index (χ0) is 15.6. The van der Waals surface area contributed by atoms with Gasteiger partial charge in [0.2, 0.25) is 0 Å². The van der Waals surface area contributed by atoms with Crippen molar-refractivity contribution in [3.63, 3.8) is 0 Å². The fourth-order valence-corrected chi connectivity index (χ4v) is 3.16. The molecule has 0 saturated carbocycles. The minimum atomic E-state index is -0.220. The minimum absolute atomic E-state index is 0.199. The predicted octanol–water partition coefficient (Wildman–Crippen LogP) is 2.86. The third kappa shape index (κ3) is 4.21. The van der Waals surface area contributed by atoms with Gasteiger partial charge in [-0.1, -0.05) is 19.9 Å². The van der Waals surface area contributed by atoms with Gasteiger partial charge in [-0.2, -0.15) is 0 Å². The van der Waals surface area contributed by atoms with E-state index in [1.165, 1.54) is 16.8 Å². The molecule has 3 nitrogen and oxygen atoms in total. The van der Waals surface area contributed by atoms with Gasteiger partial charge in [0.05, 0.1) is 6.10 Å². The molecule has 3 N–H and O–H groups in total. The van der Waals surface area contributed by atoms with Crippen LogP contribution in [0.3, 0.4) is 0 Å². The molecule has 0 aliphatic carbocycles. The van der Waals surface area contributed by atoms with Gasteiger partial charge in [-0.15, -0.1) is 0 Å². The Morgan fingerprint density at radius 2 is 1.95 bits per heavy atom. The molecule has 1 aliphatic rings. The molecule has 21 heavy (non-hydrogen) atoms. The molecule has 2 rings (SSSR count). The summed E-state index contributed by atoms with van der Waals surface area (Å²) in [6.45, 7) is 10.4. The van der Waals surface area contributed by atoms with Crippen LogP contribution in [0.5, 0.6) is 0 Å². The van der Waals surface area contributed by atoms with Gasteiger partial charge in [-0.25, -0.2) is 0 Å². The second-order valence-electron chi connectivity index (χ2n) is 7.08. The lowest BCUT2D eigenvalue weighted by atomic mass is 9.87. The Balaban J connectivity index is 2.08. The summed E-state index contributed by atoms with van der Waals surface area (Å²) in [7, 11) is 0. The maximum Gasteiger partial charge on any atom is 0.0566 e. The fraction of sp³-hybridized carbons (Fsp3) is 0.667. The SMILES string of the molecule is Cc1ccc(N2CC(N)CC(CC(O)C(C)C)C2)cc1C. The largest absolute Gasteiger partial charge is 0.393 e. The highest BCUT2D eigenvalue weighted by atomic mass is 16.3. The Kier molecular flexibility index (Phi) is 5.28. The highest BCUT2D eigenvalue weighted by Gasteiger charge is 2.27. The van der Waals surface area contributed by atoms with Crippen LogP contribution in [-0.2, 0) is 0 Å². The lowest BCUT2D eigenvalue weighted by Gasteiger charge is -2.39. The number of aryl methyl sites for hydroxylation is 2. The molecule has 0 aromatic heterocycles. The van der Waals surface area contributed by atoms with E-state index in [-0.39, 0.29) is 12.1 Å². The number of hydrogen-bond donors (Lipinski definition) is 2. The van der Waals surface area contributed by atoms with E-state index in [1.54, 1.807) is 0 Å². The number of aliphatic hydroxyl groups is 1. The molecule has 0 spiro atoms. The van der Waals surface area contributed by atoms with Gasteiger partial charge in [-0.3, -0.25) is 0 Å². The summed E-state index contributed by atoms with van der Waals surface area (Å²) in [5.74, 6) is 0.797. The number of rotatable bonds is 4. The summed E-state index contributed by atoms with van der Waals surface area (Å²) in [5, 5.41) is 10.1. The lowest BCUT2D eigenvalue weighted by molar-refractivity contribution is 0.0922. The zero-order valence-electron chi connectivity index (χ0n) is 13.8. The molecule has 0 bridgehead atoms. The van der Waals surface area contributed by atoms with E-state index >= 15 is 0 Å². The molecule has 1 aromatic carbocycles. The molecule has 3 atom stereocenters. The molecular weight excluding hydrogens is 260 g/mol. The normalized spacial score (nSPS) is 24.4. The van der Waals surface area contributed by atoms with E-state index in [0.29, 0.717) is 11.8 Å². The van der Waals surface area contributed by atoms with Crippen molar-refractivity contribution >= 4 is 5.69 Å². The van der Waals surface area contributed by atoms with Crippen LogP contribution in [0.2, 0.25) is 0 Å². The monoisotopic (exact) mass is 290 g/mol. The number of benzene rings is 1. The second kappa shape index (κ2) is 6.80. The van der Waals surface area contributed by atoms with Gasteiger partial charge in [-0.05, 0) is 61.8 Å². The third-order valence-electron chi connectivity index (χ3n) is 4.77. The first-order valence-corrected chi connectivity index (χ1v) is 8.12. The van der Waals surface area contributed by atoms with Crippen molar-refractivity contribution < 1.29 is 5.11 Å². The number of nitrogens with two attached hydrogens (primary N) is 1. The number of piperidine rings is 1. The van der Waals surface area contributed by atoms with Crippen molar-refractivity contribution in [3.05, 3.63) is 29.3 Å². The Labute approximate surface area is 129 Å². The minimum Gasteiger partial charge on any atom is -0.393 e. The van der Waals surface area contributed by atoms with Gasteiger partial charge in [0, 0.05) is 24.8 Å². The Bertz CT molecular complexity index is 472. The average Bonchev–Trinajstić information content (AvgIpc) is 2.41. The van der Waals surface area contributed by atoms with E-state index in [4.69, 9.17) is 5.73 Å². The first kappa shape index (κ1) is 16.3. The van der Waals surface area contributed by atoms with Gasteiger partial charge in [0.15, 0.2) is 0 Å². The van der Waals surface area contributed by atoms with Crippen LogP contribution >= 0.6 is 0 Å². The van der Waals surface area contributed by atoms with Crippen molar-refractivity contribution in [2.75, 3.05) is 18.0 Å². The van der Waals surface area contributed by atoms with E-state index in [1.807, 2.05) is 0 Å². The van der Waals surface area contributed by atoms with Crippen molar-refractivity contribution in [1.29, 1.82) is 0 Å². The van der Waals surface area contributed by atoms with Gasteiger partial charge in [0.25, 0.3) is 0 Å². The van der Waals surface area contributed by atoms with E-state index < -0.39 is 0 Å². The van der Waals surface area contributed by atoms with Crippen LogP contribution in [0.1, 0.15) is 37.8 Å². The van der Waals surface area contributed by atoms with Crippen LogP contribution in [-0.4, -0.2) is 30.3 Å². The molecule has 3 unspecified atom stereocenters. The molecular formula is C18H30N2O. The standard InChI is InChI=1S/C18H30N2O/c1-12(2)18(21)9-15-8-16(19)11-20(10-15)17-6-5-13(3)14(4)7-17/h5-7,12,15-16,18,21H,8-11,19H2,1-4H3. The summed E-state index contributed by atoms with van der Waals surface area (Å²) in [6, 6.07) is 6.83. The molecule has 118 valence electrons. The first-order chi connectivity index (χ1) is 9.86. The first-order valence-electron chi connectivity index (χ1n) is 8.12. The van der Waals surface area contributed by atoms with E-state index in [2.05, 4.69) is 50.8 Å². The maximum atomic E-state index is 10.1. The zero-order valence-corrected chi connectivity index (χ0v) is 13.8. The number of nitrogens with zero attached hydrogens (tertiary/aromatic N) is 1.